The van der Waals surface area contributed by atoms with Gasteiger partial charge in [-0.25, -0.2) is 4.68 Å². The molecule has 0 fully saturated rings. The van der Waals surface area contributed by atoms with Crippen LogP contribution in [-0.4, -0.2) is 56.1 Å². The molecule has 8 nitrogen and oxygen atoms in total. The summed E-state index contributed by atoms with van der Waals surface area (Å²) in [7, 11) is 3.95. The number of hydrogen-bond acceptors (Lipinski definition) is 6. The van der Waals surface area contributed by atoms with Crippen molar-refractivity contribution in [2.24, 2.45) is 5.73 Å². The molecule has 0 amide bonds. The number of aromatic nitrogens is 5. The maximum absolute atomic E-state index is 12.4. The molecule has 114 valence electrons. The van der Waals surface area contributed by atoms with E-state index in [1.807, 2.05) is 19.0 Å². The van der Waals surface area contributed by atoms with Gasteiger partial charge in [0.05, 0.1) is 29.1 Å². The van der Waals surface area contributed by atoms with Gasteiger partial charge in [0.25, 0.3) is 0 Å². The second-order valence-corrected chi connectivity index (χ2v) is 5.76. The van der Waals surface area contributed by atoms with Crippen LogP contribution < -0.4 is 5.73 Å². The molecule has 2 N–H and O–H groups in total. The van der Waals surface area contributed by atoms with Crippen molar-refractivity contribution in [3.63, 3.8) is 0 Å². The summed E-state index contributed by atoms with van der Waals surface area (Å²) < 4.78 is 3.87. The number of Topliss-reactive ketones (excluding diaryl/α,β-unsaturated/α-hetero) is 1. The van der Waals surface area contributed by atoms with Crippen LogP contribution in [0.5, 0.6) is 0 Å². The zero-order valence-electron chi connectivity index (χ0n) is 12.0. The summed E-state index contributed by atoms with van der Waals surface area (Å²) in [6.45, 7) is 1.86. The monoisotopic (exact) mass is 355 g/mol. The first-order valence-electron chi connectivity index (χ1n) is 6.49. The van der Waals surface area contributed by atoms with Gasteiger partial charge in [-0.05, 0) is 30.0 Å². The van der Waals surface area contributed by atoms with Crippen LogP contribution in [0.1, 0.15) is 16.2 Å². The number of hydrogen-bond donors (Lipinski definition) is 1. The molecule has 0 bridgehead atoms. The molecule has 2 aromatic heterocycles. The van der Waals surface area contributed by atoms with Crippen LogP contribution in [0.2, 0.25) is 0 Å². The third-order valence-corrected chi connectivity index (χ3v) is 3.50. The lowest BCUT2D eigenvalue weighted by Crippen LogP contribution is -2.23. The van der Waals surface area contributed by atoms with Crippen LogP contribution in [-0.2, 0) is 19.6 Å². The first-order chi connectivity index (χ1) is 10.0. The maximum atomic E-state index is 12.4. The lowest BCUT2D eigenvalue weighted by atomic mass is 10.3. The first kappa shape index (κ1) is 15.8. The van der Waals surface area contributed by atoms with Crippen LogP contribution in [0.25, 0.3) is 0 Å². The molecule has 0 aliphatic carbocycles. The number of rotatable bonds is 7. The number of ketones is 1. The highest BCUT2D eigenvalue weighted by molar-refractivity contribution is 9.10. The van der Waals surface area contributed by atoms with E-state index in [1.54, 1.807) is 17.1 Å². The molecule has 0 unspecified atom stereocenters. The third kappa shape index (κ3) is 3.96. The minimum atomic E-state index is -0.0772. The van der Waals surface area contributed by atoms with E-state index in [0.717, 1.165) is 6.54 Å². The molecule has 0 aromatic carbocycles. The topological polar surface area (TPSA) is 94.9 Å². The van der Waals surface area contributed by atoms with E-state index in [0.29, 0.717) is 29.0 Å². The van der Waals surface area contributed by atoms with Crippen molar-refractivity contribution in [1.82, 2.24) is 29.7 Å². The quantitative estimate of drug-likeness (QED) is 0.710. The molecule has 9 heteroatoms. The minimum absolute atomic E-state index is 0.0772. The zero-order valence-corrected chi connectivity index (χ0v) is 13.6. The number of nitrogens with zero attached hydrogens (tertiary/aromatic N) is 6. The smallest absolute Gasteiger partial charge is 0.203 e. The van der Waals surface area contributed by atoms with Gasteiger partial charge in [0.2, 0.25) is 5.78 Å². The van der Waals surface area contributed by atoms with Crippen molar-refractivity contribution in [2.45, 2.75) is 19.6 Å². The largest absolute Gasteiger partial charge is 0.325 e. The highest BCUT2D eigenvalue weighted by Gasteiger charge is 2.18. The number of halogens is 1. The fraction of sp³-hybridized carbons (Fsp3) is 0.500. The van der Waals surface area contributed by atoms with Crippen molar-refractivity contribution in [3.8, 4) is 0 Å². The molecule has 0 atom stereocenters. The lowest BCUT2D eigenvalue weighted by molar-refractivity contribution is 0.0954. The van der Waals surface area contributed by atoms with Crippen molar-refractivity contribution in [1.29, 1.82) is 0 Å². The first-order valence-corrected chi connectivity index (χ1v) is 7.29. The normalized spacial score (nSPS) is 11.3. The standard InChI is InChI=1S/C12H18BrN7O/c1-18(2)3-4-20-12(10(13)6-15-20)11(21)8-19-7-9(5-14)16-17-19/h6-7H,3-5,8,14H2,1-2H3. The Labute approximate surface area is 131 Å². The fourth-order valence-electron chi connectivity index (χ4n) is 1.84. The van der Waals surface area contributed by atoms with Crippen LogP contribution in [0.15, 0.2) is 16.9 Å². The zero-order chi connectivity index (χ0) is 15.4. The van der Waals surface area contributed by atoms with Crippen LogP contribution >= 0.6 is 15.9 Å². The molecule has 0 radical (unpaired) electrons. The number of nitrogens with two attached hydrogens (primary N) is 1. The van der Waals surface area contributed by atoms with E-state index in [-0.39, 0.29) is 12.3 Å². The number of likely N-dealkylation sites (N-methyl/N-ethyl adjacent to an activating group) is 1. The molecule has 2 aromatic rings. The Balaban J connectivity index is 2.12. The summed E-state index contributed by atoms with van der Waals surface area (Å²) in [5.74, 6) is -0.0772. The second kappa shape index (κ2) is 6.92. The molecular weight excluding hydrogens is 338 g/mol. The van der Waals surface area contributed by atoms with E-state index >= 15 is 0 Å². The second-order valence-electron chi connectivity index (χ2n) is 4.90. The molecule has 0 saturated carbocycles. The number of carbonyl (C=O) groups is 1. The predicted octanol–water partition coefficient (Wildman–Crippen LogP) is 0.140. The lowest BCUT2D eigenvalue weighted by Gasteiger charge is -2.11. The van der Waals surface area contributed by atoms with E-state index < -0.39 is 0 Å². The Morgan fingerprint density at radius 3 is 2.86 bits per heavy atom. The average molecular weight is 356 g/mol. The summed E-state index contributed by atoms with van der Waals surface area (Å²) in [6, 6.07) is 0. The SMILES string of the molecule is CN(C)CCn1ncc(Br)c1C(=O)Cn1cc(CN)nn1. The molecule has 2 rings (SSSR count). The van der Waals surface area contributed by atoms with Crippen LogP contribution in [0.4, 0.5) is 0 Å². The van der Waals surface area contributed by atoms with Gasteiger partial charge in [0.15, 0.2) is 0 Å². The molecule has 0 aliphatic heterocycles. The molecule has 2 heterocycles. The highest BCUT2D eigenvalue weighted by Crippen LogP contribution is 2.17. The molecule has 0 saturated heterocycles. The van der Waals surface area contributed by atoms with E-state index in [9.17, 15) is 4.79 Å². The van der Waals surface area contributed by atoms with Crippen molar-refractivity contribution >= 4 is 21.7 Å². The third-order valence-electron chi connectivity index (χ3n) is 2.92. The molecule has 0 spiro atoms. The van der Waals surface area contributed by atoms with Gasteiger partial charge in [-0.2, -0.15) is 5.10 Å². The van der Waals surface area contributed by atoms with Gasteiger partial charge >= 0.3 is 0 Å². The van der Waals surface area contributed by atoms with E-state index in [2.05, 4.69) is 31.3 Å². The number of carbonyl (C=O) groups excluding carboxylic acids is 1. The van der Waals surface area contributed by atoms with E-state index in [4.69, 9.17) is 5.73 Å². The van der Waals surface area contributed by atoms with Gasteiger partial charge < -0.3 is 10.6 Å². The summed E-state index contributed by atoms with van der Waals surface area (Å²) >= 11 is 3.37. The van der Waals surface area contributed by atoms with Gasteiger partial charge in [-0.15, -0.1) is 5.10 Å². The van der Waals surface area contributed by atoms with E-state index in [1.165, 1.54) is 4.68 Å². The minimum Gasteiger partial charge on any atom is -0.325 e. The van der Waals surface area contributed by atoms with Crippen molar-refractivity contribution in [2.75, 3.05) is 20.6 Å². The fourth-order valence-corrected chi connectivity index (χ4v) is 2.35. The summed E-state index contributed by atoms with van der Waals surface area (Å²) in [5.41, 5.74) is 6.68. The van der Waals surface area contributed by atoms with Gasteiger partial charge in [0, 0.05) is 13.1 Å². The Hall–Kier alpha value is -1.58. The Kier molecular flexibility index (Phi) is 5.21. The van der Waals surface area contributed by atoms with Gasteiger partial charge in [-0.3, -0.25) is 9.48 Å². The summed E-state index contributed by atoms with van der Waals surface area (Å²) in [6.07, 6.45) is 3.31. The maximum Gasteiger partial charge on any atom is 0.203 e. The molecular formula is C12H18BrN7O. The van der Waals surface area contributed by atoms with Crippen LogP contribution in [0.3, 0.4) is 0 Å². The Bertz CT molecular complexity index is 619. The van der Waals surface area contributed by atoms with Gasteiger partial charge in [-0.1, -0.05) is 5.21 Å². The Morgan fingerprint density at radius 1 is 1.48 bits per heavy atom. The van der Waals surface area contributed by atoms with Gasteiger partial charge in [0.1, 0.15) is 12.2 Å². The Morgan fingerprint density at radius 2 is 2.24 bits per heavy atom. The average Bonchev–Trinajstić information content (AvgIpc) is 3.02. The summed E-state index contributed by atoms with van der Waals surface area (Å²) in [5, 5.41) is 12.0. The molecule has 0 aliphatic rings. The predicted molar refractivity (Wildman–Crippen MR) is 80.7 cm³/mol. The van der Waals surface area contributed by atoms with Crippen LogP contribution in [0, 0.1) is 0 Å². The molecule has 21 heavy (non-hydrogen) atoms. The summed E-state index contributed by atoms with van der Waals surface area (Å²) in [4.78, 5) is 14.5. The van der Waals surface area contributed by atoms with Crippen molar-refractivity contribution in [3.05, 3.63) is 28.3 Å². The highest BCUT2D eigenvalue weighted by atomic mass is 79.9. The van der Waals surface area contributed by atoms with Crippen molar-refractivity contribution < 1.29 is 4.79 Å².